The standard InChI is InChI=1S/C14H17N3O2/c1-10-3-4-11(8-15)13(17-10)16-9-14(5-2-6-14)7-12(18)19/h3-4H,2,5-7,9H2,1H3,(H,16,17)(H,18,19). The van der Waals surface area contributed by atoms with Crippen molar-refractivity contribution < 1.29 is 9.90 Å². The van der Waals surface area contributed by atoms with Crippen molar-refractivity contribution >= 4 is 11.8 Å². The minimum absolute atomic E-state index is 0.174. The zero-order valence-corrected chi connectivity index (χ0v) is 10.9. The first-order valence-corrected chi connectivity index (χ1v) is 6.38. The highest BCUT2D eigenvalue weighted by molar-refractivity contribution is 5.68. The van der Waals surface area contributed by atoms with Gasteiger partial charge in [-0.2, -0.15) is 5.26 Å². The summed E-state index contributed by atoms with van der Waals surface area (Å²) < 4.78 is 0. The fourth-order valence-electron chi connectivity index (χ4n) is 2.47. The summed E-state index contributed by atoms with van der Waals surface area (Å²) in [5.74, 6) is -0.210. The molecular formula is C14H17N3O2. The average molecular weight is 259 g/mol. The number of carboxylic acid groups (broad SMARTS) is 1. The number of carbonyl (C=O) groups is 1. The number of nitrogens with one attached hydrogen (secondary N) is 1. The number of carboxylic acids is 1. The number of nitrogens with zero attached hydrogens (tertiary/aromatic N) is 2. The Hall–Kier alpha value is -2.09. The molecule has 0 radical (unpaired) electrons. The Morgan fingerprint density at radius 1 is 1.58 bits per heavy atom. The number of nitriles is 1. The molecule has 1 aliphatic carbocycles. The number of rotatable bonds is 5. The van der Waals surface area contributed by atoms with Crippen molar-refractivity contribution in [1.29, 1.82) is 5.26 Å². The monoisotopic (exact) mass is 259 g/mol. The Morgan fingerprint density at radius 3 is 2.84 bits per heavy atom. The molecule has 1 aliphatic rings. The average Bonchev–Trinajstić information content (AvgIpc) is 2.32. The van der Waals surface area contributed by atoms with Crippen molar-refractivity contribution in [3.63, 3.8) is 0 Å². The smallest absolute Gasteiger partial charge is 0.303 e. The topological polar surface area (TPSA) is 86.0 Å². The molecule has 0 aromatic carbocycles. The second-order valence-electron chi connectivity index (χ2n) is 5.24. The Balaban J connectivity index is 2.08. The van der Waals surface area contributed by atoms with Crippen LogP contribution in [0.3, 0.4) is 0 Å². The summed E-state index contributed by atoms with van der Waals surface area (Å²) in [4.78, 5) is 15.2. The van der Waals surface area contributed by atoms with Gasteiger partial charge in [-0.15, -0.1) is 0 Å². The fourth-order valence-corrected chi connectivity index (χ4v) is 2.47. The van der Waals surface area contributed by atoms with E-state index in [2.05, 4.69) is 16.4 Å². The molecule has 0 bridgehead atoms. The Bertz CT molecular complexity index is 530. The first kappa shape index (κ1) is 13.3. The molecule has 1 fully saturated rings. The van der Waals surface area contributed by atoms with E-state index in [-0.39, 0.29) is 11.8 Å². The summed E-state index contributed by atoms with van der Waals surface area (Å²) in [7, 11) is 0. The lowest BCUT2D eigenvalue weighted by Crippen LogP contribution is -2.38. The molecule has 0 unspecified atom stereocenters. The summed E-state index contributed by atoms with van der Waals surface area (Å²) in [5, 5.41) is 21.1. The van der Waals surface area contributed by atoms with Crippen molar-refractivity contribution in [2.75, 3.05) is 11.9 Å². The predicted octanol–water partition coefficient (Wildman–Crippen LogP) is 2.32. The van der Waals surface area contributed by atoms with Gasteiger partial charge in [0.2, 0.25) is 0 Å². The molecule has 1 saturated carbocycles. The third-order valence-electron chi connectivity index (χ3n) is 3.73. The van der Waals surface area contributed by atoms with Gasteiger partial charge in [0.15, 0.2) is 0 Å². The summed E-state index contributed by atoms with van der Waals surface area (Å²) in [6, 6.07) is 5.62. The summed E-state index contributed by atoms with van der Waals surface area (Å²) >= 11 is 0. The number of aliphatic carboxylic acids is 1. The lowest BCUT2D eigenvalue weighted by Gasteiger charge is -2.41. The lowest BCUT2D eigenvalue weighted by atomic mass is 9.66. The Labute approximate surface area is 112 Å². The zero-order valence-electron chi connectivity index (χ0n) is 10.9. The van der Waals surface area contributed by atoms with Crippen LogP contribution in [0.25, 0.3) is 0 Å². The van der Waals surface area contributed by atoms with Gasteiger partial charge in [-0.1, -0.05) is 6.42 Å². The SMILES string of the molecule is Cc1ccc(C#N)c(NCC2(CC(=O)O)CCC2)n1. The van der Waals surface area contributed by atoms with E-state index < -0.39 is 5.97 Å². The van der Waals surface area contributed by atoms with Gasteiger partial charge in [-0.05, 0) is 37.3 Å². The van der Waals surface area contributed by atoms with Gasteiger partial charge in [-0.25, -0.2) is 4.98 Å². The van der Waals surface area contributed by atoms with E-state index >= 15 is 0 Å². The second kappa shape index (κ2) is 5.27. The number of pyridine rings is 1. The molecule has 5 nitrogen and oxygen atoms in total. The zero-order chi connectivity index (χ0) is 13.9. The molecule has 2 N–H and O–H groups in total. The minimum atomic E-state index is -0.765. The number of hydrogen-bond donors (Lipinski definition) is 2. The van der Waals surface area contributed by atoms with Crippen LogP contribution in [0.1, 0.15) is 36.9 Å². The van der Waals surface area contributed by atoms with E-state index in [0.29, 0.717) is 17.9 Å². The van der Waals surface area contributed by atoms with Crippen LogP contribution in [0, 0.1) is 23.7 Å². The normalized spacial score (nSPS) is 16.2. The van der Waals surface area contributed by atoms with Crippen LogP contribution in [0.15, 0.2) is 12.1 Å². The summed E-state index contributed by atoms with van der Waals surface area (Å²) in [5.41, 5.74) is 1.15. The molecule has 19 heavy (non-hydrogen) atoms. The van der Waals surface area contributed by atoms with Crippen LogP contribution in [-0.4, -0.2) is 22.6 Å². The third kappa shape index (κ3) is 3.02. The van der Waals surface area contributed by atoms with Crippen LogP contribution in [-0.2, 0) is 4.79 Å². The molecule has 1 aromatic rings. The van der Waals surface area contributed by atoms with Gasteiger partial charge < -0.3 is 10.4 Å². The van der Waals surface area contributed by atoms with Gasteiger partial charge >= 0.3 is 5.97 Å². The van der Waals surface area contributed by atoms with Gasteiger partial charge in [0.05, 0.1) is 12.0 Å². The van der Waals surface area contributed by atoms with E-state index in [1.165, 1.54) is 0 Å². The molecule has 5 heteroatoms. The van der Waals surface area contributed by atoms with Crippen molar-refractivity contribution in [3.05, 3.63) is 23.4 Å². The first-order valence-electron chi connectivity index (χ1n) is 6.38. The van der Waals surface area contributed by atoms with Crippen LogP contribution in [0.5, 0.6) is 0 Å². The quantitative estimate of drug-likeness (QED) is 0.847. The largest absolute Gasteiger partial charge is 0.481 e. The van der Waals surface area contributed by atoms with Gasteiger partial charge in [0, 0.05) is 12.2 Å². The van der Waals surface area contributed by atoms with Crippen LogP contribution < -0.4 is 5.32 Å². The first-order chi connectivity index (χ1) is 9.04. The Morgan fingerprint density at radius 2 is 2.32 bits per heavy atom. The summed E-state index contributed by atoms with van der Waals surface area (Å²) in [6.45, 7) is 2.42. The van der Waals surface area contributed by atoms with E-state index in [1.54, 1.807) is 12.1 Å². The van der Waals surface area contributed by atoms with Crippen LogP contribution >= 0.6 is 0 Å². The molecule has 0 spiro atoms. The predicted molar refractivity (Wildman–Crippen MR) is 70.7 cm³/mol. The van der Waals surface area contributed by atoms with E-state index in [4.69, 9.17) is 10.4 Å². The molecule has 0 saturated heterocycles. The number of anilines is 1. The second-order valence-corrected chi connectivity index (χ2v) is 5.24. The third-order valence-corrected chi connectivity index (χ3v) is 3.73. The van der Waals surface area contributed by atoms with E-state index in [0.717, 1.165) is 25.0 Å². The molecule has 1 aromatic heterocycles. The molecule has 0 atom stereocenters. The van der Waals surface area contributed by atoms with Crippen LogP contribution in [0.2, 0.25) is 0 Å². The van der Waals surface area contributed by atoms with Crippen LogP contribution in [0.4, 0.5) is 5.82 Å². The van der Waals surface area contributed by atoms with E-state index in [1.807, 2.05) is 6.92 Å². The fraction of sp³-hybridized carbons (Fsp3) is 0.500. The molecule has 2 rings (SSSR count). The number of aromatic nitrogens is 1. The maximum absolute atomic E-state index is 10.9. The summed E-state index contributed by atoms with van der Waals surface area (Å²) in [6.07, 6.45) is 3.08. The molecule has 0 amide bonds. The molecular weight excluding hydrogens is 242 g/mol. The van der Waals surface area contributed by atoms with Gasteiger partial charge in [0.1, 0.15) is 11.9 Å². The highest BCUT2D eigenvalue weighted by Crippen LogP contribution is 2.44. The molecule has 1 heterocycles. The van der Waals surface area contributed by atoms with Crippen molar-refractivity contribution in [2.24, 2.45) is 5.41 Å². The lowest BCUT2D eigenvalue weighted by molar-refractivity contribution is -0.141. The van der Waals surface area contributed by atoms with Crippen molar-refractivity contribution in [1.82, 2.24) is 4.98 Å². The maximum atomic E-state index is 10.9. The van der Waals surface area contributed by atoms with Crippen molar-refractivity contribution in [3.8, 4) is 6.07 Å². The molecule has 100 valence electrons. The minimum Gasteiger partial charge on any atom is -0.481 e. The highest BCUT2D eigenvalue weighted by Gasteiger charge is 2.38. The number of hydrogen-bond acceptors (Lipinski definition) is 4. The van der Waals surface area contributed by atoms with E-state index in [9.17, 15) is 4.79 Å². The van der Waals surface area contributed by atoms with Crippen molar-refractivity contribution in [2.45, 2.75) is 32.6 Å². The molecule has 0 aliphatic heterocycles. The Kier molecular flexibility index (Phi) is 3.70. The van der Waals surface area contributed by atoms with Gasteiger partial charge in [0.25, 0.3) is 0 Å². The highest BCUT2D eigenvalue weighted by atomic mass is 16.4. The maximum Gasteiger partial charge on any atom is 0.303 e. The number of aryl methyl sites for hydroxylation is 1. The van der Waals surface area contributed by atoms with Gasteiger partial charge in [-0.3, -0.25) is 4.79 Å².